The quantitative estimate of drug-likeness (QED) is 0.786. The summed E-state index contributed by atoms with van der Waals surface area (Å²) in [6.07, 6.45) is 2.35. The van der Waals surface area contributed by atoms with E-state index in [0.29, 0.717) is 0 Å². The fraction of sp³-hybridized carbons (Fsp3) is 0.467. The van der Waals surface area contributed by atoms with Crippen LogP contribution in [0.3, 0.4) is 0 Å². The van der Waals surface area contributed by atoms with E-state index in [4.69, 9.17) is 0 Å². The smallest absolute Gasteiger partial charge is 0.0170 e. The van der Waals surface area contributed by atoms with Gasteiger partial charge in [0.05, 0.1) is 0 Å². The van der Waals surface area contributed by atoms with Crippen LogP contribution in [0.4, 0.5) is 0 Å². The van der Waals surface area contributed by atoms with Crippen LogP contribution < -0.4 is 0 Å². The molecule has 0 atom stereocenters. The van der Waals surface area contributed by atoms with E-state index in [-0.39, 0.29) is 0 Å². The molecule has 1 aromatic rings. The lowest BCUT2D eigenvalue weighted by Gasteiger charge is -2.31. The van der Waals surface area contributed by atoms with Gasteiger partial charge in [-0.05, 0) is 25.1 Å². The van der Waals surface area contributed by atoms with Gasteiger partial charge in [0.1, 0.15) is 0 Å². The van der Waals surface area contributed by atoms with Crippen molar-refractivity contribution in [2.75, 3.05) is 39.8 Å². The highest BCUT2D eigenvalue weighted by Crippen LogP contribution is 2.12. The van der Waals surface area contributed by atoms with Crippen molar-refractivity contribution < 1.29 is 0 Å². The monoisotopic (exact) mass is 230 g/mol. The Balaban J connectivity index is 1.88. The molecule has 1 aliphatic heterocycles. The highest BCUT2D eigenvalue weighted by Gasteiger charge is 2.11. The molecule has 0 bridgehead atoms. The van der Waals surface area contributed by atoms with Gasteiger partial charge < -0.3 is 4.90 Å². The van der Waals surface area contributed by atoms with Crippen LogP contribution in [-0.4, -0.2) is 49.6 Å². The van der Waals surface area contributed by atoms with Gasteiger partial charge >= 0.3 is 0 Å². The molecule has 1 saturated heterocycles. The minimum absolute atomic E-state index is 1.08. The van der Waals surface area contributed by atoms with Crippen LogP contribution in [0.15, 0.2) is 36.4 Å². The molecule has 0 amide bonds. The third kappa shape index (κ3) is 3.69. The summed E-state index contributed by atoms with van der Waals surface area (Å²) in [5.41, 5.74) is 2.71. The van der Waals surface area contributed by atoms with Crippen molar-refractivity contribution in [3.8, 4) is 0 Å². The number of benzene rings is 1. The lowest BCUT2D eigenvalue weighted by atomic mass is 10.1. The first kappa shape index (κ1) is 12.3. The van der Waals surface area contributed by atoms with E-state index in [9.17, 15) is 0 Å². The fourth-order valence-electron chi connectivity index (χ4n) is 2.12. The number of rotatable bonds is 3. The Bertz CT molecular complexity index is 362. The molecule has 0 N–H and O–H groups in total. The molecule has 0 radical (unpaired) electrons. The average molecular weight is 230 g/mol. The molecule has 92 valence electrons. The number of nitrogens with zero attached hydrogens (tertiary/aromatic N) is 2. The number of hydrogen-bond acceptors (Lipinski definition) is 2. The van der Waals surface area contributed by atoms with Crippen LogP contribution in [0, 0.1) is 0 Å². The summed E-state index contributed by atoms with van der Waals surface area (Å²) in [4.78, 5) is 4.91. The van der Waals surface area contributed by atoms with E-state index >= 15 is 0 Å². The third-order valence-electron chi connectivity index (χ3n) is 3.48. The molecule has 0 unspecified atom stereocenters. The van der Waals surface area contributed by atoms with Crippen LogP contribution in [0.2, 0.25) is 0 Å². The Kier molecular flexibility index (Phi) is 4.35. The average Bonchev–Trinajstić information content (AvgIpc) is 2.39. The van der Waals surface area contributed by atoms with Crippen LogP contribution in [0.1, 0.15) is 12.5 Å². The molecular formula is C15H22N2. The van der Waals surface area contributed by atoms with Crippen molar-refractivity contribution in [3.63, 3.8) is 0 Å². The van der Waals surface area contributed by atoms with Gasteiger partial charge in [0.25, 0.3) is 0 Å². The maximum atomic E-state index is 2.52. The fourth-order valence-corrected chi connectivity index (χ4v) is 2.12. The van der Waals surface area contributed by atoms with Crippen molar-refractivity contribution >= 4 is 5.57 Å². The minimum atomic E-state index is 1.08. The van der Waals surface area contributed by atoms with Crippen molar-refractivity contribution in [2.45, 2.75) is 6.92 Å². The number of likely N-dealkylation sites (N-methyl/N-ethyl adjacent to an activating group) is 1. The molecule has 0 saturated carbocycles. The Morgan fingerprint density at radius 2 is 1.76 bits per heavy atom. The topological polar surface area (TPSA) is 6.48 Å². The molecule has 2 rings (SSSR count). The number of allylic oxidation sites excluding steroid dienone is 1. The van der Waals surface area contributed by atoms with Gasteiger partial charge in [-0.15, -0.1) is 0 Å². The summed E-state index contributed by atoms with van der Waals surface area (Å²) in [5, 5.41) is 0. The molecule has 1 aliphatic rings. The lowest BCUT2D eigenvalue weighted by molar-refractivity contribution is 0.166. The zero-order valence-electron chi connectivity index (χ0n) is 10.9. The third-order valence-corrected chi connectivity index (χ3v) is 3.48. The van der Waals surface area contributed by atoms with Crippen molar-refractivity contribution in [1.29, 1.82) is 0 Å². The molecule has 1 heterocycles. The lowest BCUT2D eigenvalue weighted by Crippen LogP contribution is -2.44. The molecule has 17 heavy (non-hydrogen) atoms. The van der Waals surface area contributed by atoms with E-state index in [1.54, 1.807) is 0 Å². The van der Waals surface area contributed by atoms with E-state index in [0.717, 1.165) is 6.54 Å². The van der Waals surface area contributed by atoms with Crippen molar-refractivity contribution in [2.24, 2.45) is 0 Å². The Labute approximate surface area is 105 Å². The molecule has 0 aromatic heterocycles. The summed E-state index contributed by atoms with van der Waals surface area (Å²) in [6.45, 7) is 8.04. The largest absolute Gasteiger partial charge is 0.304 e. The minimum Gasteiger partial charge on any atom is -0.304 e. The first-order valence-corrected chi connectivity index (χ1v) is 6.39. The second kappa shape index (κ2) is 5.99. The summed E-state index contributed by atoms with van der Waals surface area (Å²) in [5.74, 6) is 0. The van der Waals surface area contributed by atoms with Gasteiger partial charge in [-0.25, -0.2) is 0 Å². The Hall–Kier alpha value is -1.12. The zero-order valence-corrected chi connectivity index (χ0v) is 10.9. The molecule has 1 aromatic carbocycles. The maximum absolute atomic E-state index is 2.52. The molecule has 0 aliphatic carbocycles. The molecule has 1 fully saturated rings. The SMILES string of the molecule is CC(=CCN1CCN(C)CC1)c1ccccc1. The highest BCUT2D eigenvalue weighted by molar-refractivity contribution is 5.63. The van der Waals surface area contributed by atoms with Crippen LogP contribution in [0.5, 0.6) is 0 Å². The van der Waals surface area contributed by atoms with Crippen LogP contribution >= 0.6 is 0 Å². The maximum Gasteiger partial charge on any atom is 0.0170 e. The van der Waals surface area contributed by atoms with E-state index < -0.39 is 0 Å². The van der Waals surface area contributed by atoms with Crippen LogP contribution in [0.25, 0.3) is 5.57 Å². The van der Waals surface area contributed by atoms with Gasteiger partial charge in [0.15, 0.2) is 0 Å². The first-order valence-electron chi connectivity index (χ1n) is 6.39. The second-order valence-electron chi connectivity index (χ2n) is 4.86. The predicted octanol–water partition coefficient (Wildman–Crippen LogP) is 2.34. The predicted molar refractivity (Wildman–Crippen MR) is 74.0 cm³/mol. The van der Waals surface area contributed by atoms with E-state index in [1.165, 1.54) is 37.3 Å². The molecular weight excluding hydrogens is 208 g/mol. The Morgan fingerprint density at radius 1 is 1.12 bits per heavy atom. The second-order valence-corrected chi connectivity index (χ2v) is 4.86. The van der Waals surface area contributed by atoms with E-state index in [1.807, 2.05) is 0 Å². The molecule has 0 spiro atoms. The number of hydrogen-bond donors (Lipinski definition) is 0. The zero-order chi connectivity index (χ0) is 12.1. The van der Waals surface area contributed by atoms with E-state index in [2.05, 4.69) is 60.2 Å². The van der Waals surface area contributed by atoms with Crippen molar-refractivity contribution in [3.05, 3.63) is 42.0 Å². The van der Waals surface area contributed by atoms with Gasteiger partial charge in [0.2, 0.25) is 0 Å². The summed E-state index contributed by atoms with van der Waals surface area (Å²) >= 11 is 0. The summed E-state index contributed by atoms with van der Waals surface area (Å²) in [6, 6.07) is 10.6. The first-order chi connectivity index (χ1) is 8.25. The Morgan fingerprint density at radius 3 is 2.41 bits per heavy atom. The van der Waals surface area contributed by atoms with Gasteiger partial charge in [0, 0.05) is 32.7 Å². The summed E-state index contributed by atoms with van der Waals surface area (Å²) < 4.78 is 0. The van der Waals surface area contributed by atoms with Gasteiger partial charge in [-0.2, -0.15) is 0 Å². The molecule has 2 nitrogen and oxygen atoms in total. The molecule has 2 heteroatoms. The van der Waals surface area contributed by atoms with Crippen molar-refractivity contribution in [1.82, 2.24) is 9.80 Å². The van der Waals surface area contributed by atoms with Gasteiger partial charge in [-0.1, -0.05) is 36.4 Å². The standard InChI is InChI=1S/C15H22N2/c1-14(15-6-4-3-5-7-15)8-9-17-12-10-16(2)11-13-17/h3-8H,9-13H2,1-2H3. The highest BCUT2D eigenvalue weighted by atomic mass is 15.2. The summed E-state index contributed by atoms with van der Waals surface area (Å²) in [7, 11) is 2.20. The number of piperazine rings is 1. The van der Waals surface area contributed by atoms with Gasteiger partial charge in [-0.3, -0.25) is 4.90 Å². The van der Waals surface area contributed by atoms with Crippen LogP contribution in [-0.2, 0) is 0 Å². The normalized spacial score (nSPS) is 19.5.